The fraction of sp³-hybridized carbons (Fsp3) is 0.429. The van der Waals surface area contributed by atoms with Gasteiger partial charge in [-0.15, -0.1) is 22.9 Å². The van der Waals surface area contributed by atoms with Crippen molar-refractivity contribution in [3.63, 3.8) is 0 Å². The molecule has 0 aliphatic heterocycles. The molecule has 20 heavy (non-hydrogen) atoms. The van der Waals surface area contributed by atoms with Gasteiger partial charge in [0, 0.05) is 24.2 Å². The molecule has 0 unspecified atom stereocenters. The van der Waals surface area contributed by atoms with Crippen LogP contribution in [0.5, 0.6) is 0 Å². The Bertz CT molecular complexity index is 753. The van der Waals surface area contributed by atoms with E-state index in [4.69, 9.17) is 16.6 Å². The van der Waals surface area contributed by atoms with E-state index in [-0.39, 0.29) is 0 Å². The molecule has 106 valence electrons. The summed E-state index contributed by atoms with van der Waals surface area (Å²) in [7, 11) is 1.97. The van der Waals surface area contributed by atoms with Crippen molar-refractivity contribution in [1.29, 1.82) is 0 Å². The number of fused-ring (bicyclic) bond motifs is 1. The largest absolute Gasteiger partial charge is 0.308 e. The SMILES string of the molecule is Cc1ccsc1Cn1c(CCCl)nc2c(C)nn(C)c21. The minimum Gasteiger partial charge on any atom is -0.308 e. The van der Waals surface area contributed by atoms with Crippen LogP contribution in [0.25, 0.3) is 11.2 Å². The van der Waals surface area contributed by atoms with E-state index in [2.05, 4.69) is 28.0 Å². The number of nitrogens with zero attached hydrogens (tertiary/aromatic N) is 4. The van der Waals surface area contributed by atoms with Gasteiger partial charge in [0.1, 0.15) is 11.3 Å². The molecule has 0 amide bonds. The van der Waals surface area contributed by atoms with Gasteiger partial charge in [-0.05, 0) is 30.9 Å². The number of aryl methyl sites for hydroxylation is 4. The molecule has 0 aromatic carbocycles. The maximum Gasteiger partial charge on any atom is 0.159 e. The highest BCUT2D eigenvalue weighted by atomic mass is 35.5. The van der Waals surface area contributed by atoms with E-state index >= 15 is 0 Å². The average Bonchev–Trinajstić information content (AvgIpc) is 3.03. The third-order valence-corrected chi connectivity index (χ3v) is 4.75. The van der Waals surface area contributed by atoms with Crippen molar-refractivity contribution in [3.05, 3.63) is 33.4 Å². The third kappa shape index (κ3) is 2.15. The number of aromatic nitrogens is 4. The second-order valence-corrected chi connectivity index (χ2v) is 6.34. The predicted octanol–water partition coefficient (Wildman–Crippen LogP) is 3.28. The average molecular weight is 309 g/mol. The maximum absolute atomic E-state index is 5.92. The fourth-order valence-corrected chi connectivity index (χ4v) is 3.59. The van der Waals surface area contributed by atoms with Gasteiger partial charge in [0.15, 0.2) is 5.65 Å². The summed E-state index contributed by atoms with van der Waals surface area (Å²) in [4.78, 5) is 6.09. The topological polar surface area (TPSA) is 35.6 Å². The zero-order chi connectivity index (χ0) is 14.3. The van der Waals surface area contributed by atoms with Gasteiger partial charge in [-0.1, -0.05) is 0 Å². The predicted molar refractivity (Wildman–Crippen MR) is 83.8 cm³/mol. The zero-order valence-electron chi connectivity index (χ0n) is 11.9. The molecule has 3 aromatic rings. The summed E-state index contributed by atoms with van der Waals surface area (Å²) in [6.07, 6.45) is 0.778. The summed E-state index contributed by atoms with van der Waals surface area (Å²) in [5.41, 5.74) is 4.37. The van der Waals surface area contributed by atoms with Crippen LogP contribution in [0.4, 0.5) is 0 Å². The molecule has 0 saturated carbocycles. The summed E-state index contributed by atoms with van der Waals surface area (Å²) in [5, 5.41) is 6.60. The monoisotopic (exact) mass is 308 g/mol. The van der Waals surface area contributed by atoms with Gasteiger partial charge >= 0.3 is 0 Å². The smallest absolute Gasteiger partial charge is 0.159 e. The number of hydrogen-bond acceptors (Lipinski definition) is 3. The summed E-state index contributed by atoms with van der Waals surface area (Å²) in [6, 6.07) is 2.16. The van der Waals surface area contributed by atoms with E-state index in [0.29, 0.717) is 5.88 Å². The lowest BCUT2D eigenvalue weighted by molar-refractivity contribution is 0.695. The van der Waals surface area contributed by atoms with E-state index in [1.807, 2.05) is 18.7 Å². The number of imidazole rings is 1. The van der Waals surface area contributed by atoms with Crippen molar-refractivity contribution in [1.82, 2.24) is 19.3 Å². The highest BCUT2D eigenvalue weighted by molar-refractivity contribution is 7.10. The highest BCUT2D eigenvalue weighted by Crippen LogP contribution is 2.24. The van der Waals surface area contributed by atoms with E-state index in [9.17, 15) is 0 Å². The Balaban J connectivity index is 2.15. The van der Waals surface area contributed by atoms with Gasteiger partial charge in [-0.3, -0.25) is 4.68 Å². The standard InChI is InChI=1S/C14H17ClN4S/c1-9-5-7-20-11(9)8-19-12(4-6-15)16-13-10(2)17-18(3)14(13)19/h5,7H,4,6,8H2,1-3H3. The van der Waals surface area contributed by atoms with Gasteiger partial charge in [0.2, 0.25) is 0 Å². The van der Waals surface area contributed by atoms with Crippen LogP contribution in [0.3, 0.4) is 0 Å². The van der Waals surface area contributed by atoms with E-state index < -0.39 is 0 Å². The molecule has 6 heteroatoms. The molecule has 0 saturated heterocycles. The van der Waals surface area contributed by atoms with Gasteiger partial charge in [-0.2, -0.15) is 5.10 Å². The Labute approximate surface area is 127 Å². The van der Waals surface area contributed by atoms with Crippen LogP contribution in [0.2, 0.25) is 0 Å². The number of thiophene rings is 1. The normalized spacial score (nSPS) is 11.6. The van der Waals surface area contributed by atoms with Crippen molar-refractivity contribution >= 4 is 34.1 Å². The molecule has 0 aliphatic carbocycles. The van der Waals surface area contributed by atoms with Crippen molar-refractivity contribution in [2.45, 2.75) is 26.8 Å². The number of hydrogen-bond donors (Lipinski definition) is 0. The van der Waals surface area contributed by atoms with Gasteiger partial charge < -0.3 is 4.57 Å². The van der Waals surface area contributed by atoms with E-state index in [0.717, 1.165) is 35.6 Å². The van der Waals surface area contributed by atoms with Crippen LogP contribution in [0.15, 0.2) is 11.4 Å². The molecule has 0 N–H and O–H groups in total. The number of halogens is 1. The Morgan fingerprint density at radius 2 is 2.15 bits per heavy atom. The first kappa shape index (κ1) is 13.6. The summed E-state index contributed by atoms with van der Waals surface area (Å²) in [5.74, 6) is 1.62. The van der Waals surface area contributed by atoms with Gasteiger partial charge in [0.25, 0.3) is 0 Å². The number of rotatable bonds is 4. The summed E-state index contributed by atoms with van der Waals surface area (Å²) in [6.45, 7) is 4.99. The van der Waals surface area contributed by atoms with Crippen LogP contribution in [-0.4, -0.2) is 25.2 Å². The first-order chi connectivity index (χ1) is 9.61. The van der Waals surface area contributed by atoms with Crippen LogP contribution >= 0.6 is 22.9 Å². The molecule has 0 bridgehead atoms. The van der Waals surface area contributed by atoms with Crippen molar-refractivity contribution in [3.8, 4) is 0 Å². The zero-order valence-corrected chi connectivity index (χ0v) is 13.4. The van der Waals surface area contributed by atoms with Crippen LogP contribution in [0, 0.1) is 13.8 Å². The lowest BCUT2D eigenvalue weighted by Gasteiger charge is -2.08. The maximum atomic E-state index is 5.92. The van der Waals surface area contributed by atoms with Gasteiger partial charge in [-0.25, -0.2) is 4.98 Å². The first-order valence-electron chi connectivity index (χ1n) is 6.59. The Kier molecular flexibility index (Phi) is 3.56. The number of alkyl halides is 1. The molecule has 0 spiro atoms. The molecule has 4 nitrogen and oxygen atoms in total. The Hall–Kier alpha value is -1.33. The first-order valence-corrected chi connectivity index (χ1v) is 8.01. The Morgan fingerprint density at radius 3 is 2.80 bits per heavy atom. The second-order valence-electron chi connectivity index (χ2n) is 4.96. The molecule has 0 fully saturated rings. The highest BCUT2D eigenvalue weighted by Gasteiger charge is 2.17. The van der Waals surface area contributed by atoms with Crippen LogP contribution < -0.4 is 0 Å². The lowest BCUT2D eigenvalue weighted by atomic mass is 10.3. The molecule has 0 radical (unpaired) electrons. The van der Waals surface area contributed by atoms with Crippen LogP contribution in [0.1, 0.15) is 22.0 Å². The second kappa shape index (κ2) is 5.22. The molecule has 0 atom stereocenters. The summed E-state index contributed by atoms with van der Waals surface area (Å²) < 4.78 is 4.16. The van der Waals surface area contributed by atoms with Crippen LogP contribution in [-0.2, 0) is 20.0 Å². The van der Waals surface area contributed by atoms with E-state index in [1.165, 1.54) is 10.4 Å². The Morgan fingerprint density at radius 1 is 1.35 bits per heavy atom. The quantitative estimate of drug-likeness (QED) is 0.693. The molecule has 3 aromatic heterocycles. The van der Waals surface area contributed by atoms with E-state index in [1.54, 1.807) is 11.3 Å². The molecule has 3 heterocycles. The lowest BCUT2D eigenvalue weighted by Crippen LogP contribution is -2.09. The van der Waals surface area contributed by atoms with Crippen molar-refractivity contribution < 1.29 is 0 Å². The summed E-state index contributed by atoms with van der Waals surface area (Å²) >= 11 is 7.71. The van der Waals surface area contributed by atoms with Gasteiger partial charge in [0.05, 0.1) is 12.2 Å². The van der Waals surface area contributed by atoms with Crippen molar-refractivity contribution in [2.75, 3.05) is 5.88 Å². The molecule has 0 aliphatic rings. The minimum absolute atomic E-state index is 0.583. The molecule has 3 rings (SSSR count). The van der Waals surface area contributed by atoms with Crippen molar-refractivity contribution in [2.24, 2.45) is 7.05 Å². The molecular formula is C14H17ClN4S. The third-order valence-electron chi connectivity index (χ3n) is 3.56. The molecular weight excluding hydrogens is 292 g/mol. The minimum atomic E-state index is 0.583. The fourth-order valence-electron chi connectivity index (χ4n) is 2.53.